The molecule has 0 saturated carbocycles. The zero-order valence-corrected chi connectivity index (χ0v) is 13.3. The van der Waals surface area contributed by atoms with Crippen molar-refractivity contribution in [2.75, 3.05) is 12.4 Å². The highest BCUT2D eigenvalue weighted by molar-refractivity contribution is 9.10. The van der Waals surface area contributed by atoms with Gasteiger partial charge in [-0.25, -0.2) is 4.79 Å². The van der Waals surface area contributed by atoms with E-state index in [4.69, 9.17) is 4.42 Å². The average Bonchev–Trinajstić information content (AvgIpc) is 2.78. The molecule has 0 aliphatic rings. The average molecular weight is 337 g/mol. The number of hydrogen-bond donors (Lipinski definition) is 1. The molecule has 0 spiro atoms. The van der Waals surface area contributed by atoms with E-state index in [1.165, 1.54) is 5.56 Å². The molecule has 0 bridgehead atoms. The van der Waals surface area contributed by atoms with Crippen molar-refractivity contribution in [3.8, 4) is 0 Å². The molecule has 1 aromatic carbocycles. The van der Waals surface area contributed by atoms with Crippen molar-refractivity contribution in [2.45, 2.75) is 20.4 Å². The Morgan fingerprint density at radius 3 is 2.65 bits per heavy atom. The third-order valence-corrected chi connectivity index (χ3v) is 3.42. The molecule has 0 atom stereocenters. The van der Waals surface area contributed by atoms with E-state index in [1.54, 1.807) is 11.9 Å². The molecule has 0 radical (unpaired) electrons. The molecule has 1 aromatic heterocycles. The molecular weight excluding hydrogens is 320 g/mol. The van der Waals surface area contributed by atoms with Gasteiger partial charge in [0, 0.05) is 12.7 Å². The number of rotatable bonds is 3. The highest BCUT2D eigenvalue weighted by atomic mass is 79.9. The first-order valence-corrected chi connectivity index (χ1v) is 7.08. The van der Waals surface area contributed by atoms with Crippen molar-refractivity contribution in [1.29, 1.82) is 0 Å². The molecule has 20 heavy (non-hydrogen) atoms. The van der Waals surface area contributed by atoms with Crippen LogP contribution in [0.5, 0.6) is 0 Å². The first kappa shape index (κ1) is 14.7. The normalized spacial score (nSPS) is 10.4. The lowest BCUT2D eigenvalue weighted by Gasteiger charge is -2.17. The molecule has 4 nitrogen and oxygen atoms in total. The molecule has 2 aromatic rings. The molecular formula is C15H17BrN2O2. The highest BCUT2D eigenvalue weighted by Gasteiger charge is 2.12. The van der Waals surface area contributed by atoms with E-state index in [0.29, 0.717) is 11.2 Å². The number of nitrogens with one attached hydrogen (secondary N) is 1. The van der Waals surface area contributed by atoms with E-state index in [2.05, 4.69) is 21.2 Å². The van der Waals surface area contributed by atoms with E-state index >= 15 is 0 Å². The number of carbonyl (C=O) groups is 1. The van der Waals surface area contributed by atoms with Gasteiger partial charge >= 0.3 is 6.03 Å². The van der Waals surface area contributed by atoms with Gasteiger partial charge in [-0.05, 0) is 53.5 Å². The smallest absolute Gasteiger partial charge is 0.322 e. The number of urea groups is 1. The van der Waals surface area contributed by atoms with Crippen molar-refractivity contribution in [2.24, 2.45) is 0 Å². The number of hydrogen-bond acceptors (Lipinski definition) is 2. The van der Waals surface area contributed by atoms with Crippen LogP contribution in [0, 0.1) is 13.8 Å². The molecule has 0 aliphatic carbocycles. The summed E-state index contributed by atoms with van der Waals surface area (Å²) in [6.45, 7) is 4.42. The van der Waals surface area contributed by atoms with Crippen molar-refractivity contribution in [3.05, 3.63) is 51.9 Å². The van der Waals surface area contributed by atoms with Crippen LogP contribution < -0.4 is 5.32 Å². The van der Waals surface area contributed by atoms with Gasteiger partial charge in [-0.1, -0.05) is 17.7 Å². The Morgan fingerprint density at radius 2 is 2.05 bits per heavy atom. The van der Waals surface area contributed by atoms with E-state index in [9.17, 15) is 4.79 Å². The summed E-state index contributed by atoms with van der Waals surface area (Å²) in [5.74, 6) is 0.732. The summed E-state index contributed by atoms with van der Waals surface area (Å²) in [4.78, 5) is 13.7. The van der Waals surface area contributed by atoms with Gasteiger partial charge in [0.15, 0.2) is 4.67 Å². The second-order valence-electron chi connectivity index (χ2n) is 4.81. The molecule has 0 unspecified atom stereocenters. The molecule has 106 valence electrons. The van der Waals surface area contributed by atoms with Gasteiger partial charge in [0.25, 0.3) is 0 Å². The first-order valence-electron chi connectivity index (χ1n) is 6.29. The summed E-state index contributed by atoms with van der Waals surface area (Å²) >= 11 is 3.24. The Balaban J connectivity index is 2.00. The number of benzene rings is 1. The number of nitrogens with zero attached hydrogens (tertiary/aromatic N) is 1. The first-order chi connectivity index (χ1) is 9.45. The van der Waals surface area contributed by atoms with Gasteiger partial charge < -0.3 is 14.6 Å². The number of halogens is 1. The van der Waals surface area contributed by atoms with Gasteiger partial charge in [0.2, 0.25) is 0 Å². The van der Waals surface area contributed by atoms with E-state index in [0.717, 1.165) is 17.0 Å². The van der Waals surface area contributed by atoms with Crippen LogP contribution in [-0.2, 0) is 6.54 Å². The van der Waals surface area contributed by atoms with E-state index in [1.807, 2.05) is 44.2 Å². The maximum atomic E-state index is 12.1. The topological polar surface area (TPSA) is 45.5 Å². The summed E-state index contributed by atoms with van der Waals surface area (Å²) < 4.78 is 6.05. The van der Waals surface area contributed by atoms with Crippen LogP contribution in [0.4, 0.5) is 10.5 Å². The lowest BCUT2D eigenvalue weighted by atomic mass is 10.1. The molecule has 5 heteroatoms. The fraction of sp³-hybridized carbons (Fsp3) is 0.267. The zero-order valence-electron chi connectivity index (χ0n) is 11.7. The van der Waals surface area contributed by atoms with Crippen molar-refractivity contribution in [3.63, 3.8) is 0 Å². The fourth-order valence-corrected chi connectivity index (χ4v) is 2.25. The minimum atomic E-state index is -0.163. The molecule has 1 heterocycles. The lowest BCUT2D eigenvalue weighted by Crippen LogP contribution is -2.30. The molecule has 1 N–H and O–H groups in total. The summed E-state index contributed by atoms with van der Waals surface area (Å²) in [6.07, 6.45) is 0. The van der Waals surface area contributed by atoms with Crippen molar-refractivity contribution in [1.82, 2.24) is 4.90 Å². The number of furan rings is 1. The lowest BCUT2D eigenvalue weighted by molar-refractivity contribution is 0.216. The number of anilines is 1. The van der Waals surface area contributed by atoms with Gasteiger partial charge in [-0.15, -0.1) is 0 Å². The van der Waals surface area contributed by atoms with Crippen LogP contribution in [0.15, 0.2) is 39.4 Å². The maximum Gasteiger partial charge on any atom is 0.322 e. The number of aryl methyl sites for hydroxylation is 2. The minimum absolute atomic E-state index is 0.163. The SMILES string of the molecule is Cc1ccc(NC(=O)N(C)Cc2ccc(Br)o2)c(C)c1. The van der Waals surface area contributed by atoms with Gasteiger partial charge in [0.05, 0.1) is 6.54 Å². The fourth-order valence-electron chi connectivity index (χ4n) is 1.91. The third kappa shape index (κ3) is 3.63. The largest absolute Gasteiger partial charge is 0.452 e. The predicted molar refractivity (Wildman–Crippen MR) is 82.8 cm³/mol. The second kappa shape index (κ2) is 6.13. The Hall–Kier alpha value is -1.75. The van der Waals surface area contributed by atoms with Crippen LogP contribution in [0.1, 0.15) is 16.9 Å². The Labute approximate surface area is 126 Å². The number of amides is 2. The van der Waals surface area contributed by atoms with Gasteiger partial charge in [-0.3, -0.25) is 0 Å². The van der Waals surface area contributed by atoms with Crippen LogP contribution in [0.2, 0.25) is 0 Å². The molecule has 0 saturated heterocycles. The second-order valence-corrected chi connectivity index (χ2v) is 5.59. The zero-order chi connectivity index (χ0) is 14.7. The van der Waals surface area contributed by atoms with Crippen LogP contribution in [-0.4, -0.2) is 18.0 Å². The summed E-state index contributed by atoms with van der Waals surface area (Å²) in [7, 11) is 1.73. The Morgan fingerprint density at radius 1 is 1.30 bits per heavy atom. The molecule has 0 fully saturated rings. The summed E-state index contributed by atoms with van der Waals surface area (Å²) in [6, 6.07) is 9.42. The number of carbonyl (C=O) groups excluding carboxylic acids is 1. The molecule has 2 amide bonds. The molecule has 2 rings (SSSR count). The minimum Gasteiger partial charge on any atom is -0.452 e. The third-order valence-electron chi connectivity index (χ3n) is 2.99. The van der Waals surface area contributed by atoms with Crippen molar-refractivity contribution >= 4 is 27.6 Å². The monoisotopic (exact) mass is 336 g/mol. The van der Waals surface area contributed by atoms with Crippen LogP contribution >= 0.6 is 15.9 Å². The highest BCUT2D eigenvalue weighted by Crippen LogP contribution is 2.18. The molecule has 0 aliphatic heterocycles. The summed E-state index contributed by atoms with van der Waals surface area (Å²) in [5, 5.41) is 2.90. The van der Waals surface area contributed by atoms with Gasteiger partial charge in [-0.2, -0.15) is 0 Å². The van der Waals surface area contributed by atoms with E-state index in [-0.39, 0.29) is 6.03 Å². The van der Waals surface area contributed by atoms with E-state index < -0.39 is 0 Å². The van der Waals surface area contributed by atoms with Crippen molar-refractivity contribution < 1.29 is 9.21 Å². The standard InChI is InChI=1S/C15H17BrN2O2/c1-10-4-6-13(11(2)8-10)17-15(19)18(3)9-12-5-7-14(16)20-12/h4-8H,9H2,1-3H3,(H,17,19). The van der Waals surface area contributed by atoms with Gasteiger partial charge in [0.1, 0.15) is 5.76 Å². The maximum absolute atomic E-state index is 12.1. The quantitative estimate of drug-likeness (QED) is 0.906. The van der Waals surface area contributed by atoms with Crippen LogP contribution in [0.25, 0.3) is 0 Å². The Bertz CT molecular complexity index is 622. The summed E-state index contributed by atoms with van der Waals surface area (Å²) in [5.41, 5.74) is 3.05. The Kier molecular flexibility index (Phi) is 4.49. The van der Waals surface area contributed by atoms with Crippen LogP contribution in [0.3, 0.4) is 0 Å². The predicted octanol–water partition coefficient (Wildman–Crippen LogP) is 4.32.